The van der Waals surface area contributed by atoms with Crippen LogP contribution >= 0.6 is 0 Å². The van der Waals surface area contributed by atoms with E-state index in [4.69, 9.17) is 5.73 Å². The molecule has 3 aromatic rings. The molecule has 0 aliphatic carbocycles. The lowest BCUT2D eigenvalue weighted by Crippen LogP contribution is -2.35. The third-order valence-corrected chi connectivity index (χ3v) is 4.92. The van der Waals surface area contributed by atoms with Gasteiger partial charge in [0.2, 0.25) is 5.91 Å². The van der Waals surface area contributed by atoms with Crippen LogP contribution in [-0.4, -0.2) is 38.5 Å². The lowest BCUT2D eigenvalue weighted by molar-refractivity contribution is -0.384. The number of piperidine rings is 1. The molecule has 1 unspecified atom stereocenters. The van der Waals surface area contributed by atoms with Crippen LogP contribution in [0.3, 0.4) is 0 Å². The van der Waals surface area contributed by atoms with Gasteiger partial charge in [-0.05, 0) is 37.1 Å². The average Bonchev–Trinajstić information content (AvgIpc) is 3.11. The Hall–Kier alpha value is -3.49. The van der Waals surface area contributed by atoms with Crippen molar-refractivity contribution in [1.82, 2.24) is 14.6 Å². The molecule has 0 bridgehead atoms. The second-order valence-electron chi connectivity index (χ2n) is 6.60. The second kappa shape index (κ2) is 6.67. The first-order valence-electron chi connectivity index (χ1n) is 8.67. The molecule has 2 aromatic heterocycles. The topological polar surface area (TPSA) is 120 Å². The van der Waals surface area contributed by atoms with Gasteiger partial charge in [-0.1, -0.05) is 6.07 Å². The highest BCUT2D eigenvalue weighted by molar-refractivity contribution is 5.94. The Morgan fingerprint density at radius 2 is 2.11 bits per heavy atom. The van der Waals surface area contributed by atoms with Crippen LogP contribution in [-0.2, 0) is 0 Å². The summed E-state index contributed by atoms with van der Waals surface area (Å²) in [5.41, 5.74) is 6.54. The van der Waals surface area contributed by atoms with Crippen molar-refractivity contribution in [3.63, 3.8) is 0 Å². The third kappa shape index (κ3) is 3.07. The fourth-order valence-electron chi connectivity index (χ4n) is 3.64. The standard InChI is InChI=1S/C18H18N6O3/c19-17(25)12-6-7-14(15(10-12)24(26)27)22-8-3-4-13(11-22)18-21-20-16-5-1-2-9-23(16)18/h1-2,5-7,9-10,13H,3-4,8,11H2,(H2,19,25). The molecule has 9 heteroatoms. The number of aromatic nitrogens is 3. The smallest absolute Gasteiger partial charge is 0.293 e. The van der Waals surface area contributed by atoms with Gasteiger partial charge in [-0.2, -0.15) is 0 Å². The molecule has 2 N–H and O–H groups in total. The molecule has 1 fully saturated rings. The number of hydrogen-bond donors (Lipinski definition) is 1. The Balaban J connectivity index is 1.67. The molecule has 0 saturated carbocycles. The van der Waals surface area contributed by atoms with Gasteiger partial charge in [-0.3, -0.25) is 19.3 Å². The van der Waals surface area contributed by atoms with Crippen molar-refractivity contribution in [2.75, 3.05) is 18.0 Å². The zero-order valence-electron chi connectivity index (χ0n) is 14.5. The van der Waals surface area contributed by atoms with Crippen LogP contribution in [0.4, 0.5) is 11.4 Å². The maximum Gasteiger partial charge on any atom is 0.293 e. The molecule has 9 nitrogen and oxygen atoms in total. The Morgan fingerprint density at radius 1 is 1.26 bits per heavy atom. The van der Waals surface area contributed by atoms with E-state index in [-0.39, 0.29) is 17.2 Å². The number of nitro benzene ring substituents is 1. The van der Waals surface area contributed by atoms with Crippen LogP contribution in [0.1, 0.15) is 34.9 Å². The number of nitro groups is 1. The zero-order valence-corrected chi connectivity index (χ0v) is 14.5. The largest absolute Gasteiger partial charge is 0.366 e. The predicted molar refractivity (Wildman–Crippen MR) is 98.8 cm³/mol. The van der Waals surface area contributed by atoms with E-state index in [1.165, 1.54) is 12.1 Å². The highest BCUT2D eigenvalue weighted by Crippen LogP contribution is 2.35. The lowest BCUT2D eigenvalue weighted by atomic mass is 9.96. The molecule has 1 aromatic carbocycles. The number of anilines is 1. The van der Waals surface area contributed by atoms with Crippen molar-refractivity contribution in [2.45, 2.75) is 18.8 Å². The minimum absolute atomic E-state index is 0.103. The fourth-order valence-corrected chi connectivity index (χ4v) is 3.64. The third-order valence-electron chi connectivity index (χ3n) is 4.92. The summed E-state index contributed by atoms with van der Waals surface area (Å²) >= 11 is 0. The van der Waals surface area contributed by atoms with Crippen LogP contribution in [0.15, 0.2) is 42.6 Å². The molecule has 4 rings (SSSR count). The van der Waals surface area contributed by atoms with Gasteiger partial charge in [0.05, 0.1) is 4.92 Å². The van der Waals surface area contributed by atoms with Gasteiger partial charge in [0.25, 0.3) is 5.69 Å². The summed E-state index contributed by atoms with van der Waals surface area (Å²) in [6.45, 7) is 1.29. The SMILES string of the molecule is NC(=O)c1ccc(N2CCCC(c3nnc4ccccn34)C2)c([N+](=O)[O-])c1. The van der Waals surface area contributed by atoms with Gasteiger partial charge in [-0.25, -0.2) is 0 Å². The average molecular weight is 366 g/mol. The fraction of sp³-hybridized carbons (Fsp3) is 0.278. The van der Waals surface area contributed by atoms with E-state index in [0.717, 1.165) is 24.3 Å². The molecule has 1 aliphatic rings. The van der Waals surface area contributed by atoms with Crippen LogP contribution in [0, 0.1) is 10.1 Å². The number of rotatable bonds is 4. The van der Waals surface area contributed by atoms with E-state index in [1.54, 1.807) is 6.07 Å². The Kier molecular flexibility index (Phi) is 4.19. The van der Waals surface area contributed by atoms with E-state index in [0.29, 0.717) is 18.8 Å². The zero-order chi connectivity index (χ0) is 19.0. The van der Waals surface area contributed by atoms with Gasteiger partial charge >= 0.3 is 0 Å². The Labute approximate surface area is 154 Å². The molecule has 1 aliphatic heterocycles. The molecule has 1 saturated heterocycles. The van der Waals surface area contributed by atoms with Crippen molar-refractivity contribution in [1.29, 1.82) is 0 Å². The van der Waals surface area contributed by atoms with Crippen molar-refractivity contribution in [3.05, 3.63) is 64.1 Å². The van der Waals surface area contributed by atoms with Gasteiger partial charge in [-0.15, -0.1) is 10.2 Å². The maximum atomic E-state index is 11.5. The summed E-state index contributed by atoms with van der Waals surface area (Å²) in [6, 6.07) is 10.1. The van der Waals surface area contributed by atoms with E-state index in [2.05, 4.69) is 10.2 Å². The number of nitrogens with zero attached hydrogens (tertiary/aromatic N) is 5. The molecular weight excluding hydrogens is 348 g/mol. The van der Waals surface area contributed by atoms with Crippen LogP contribution in [0.25, 0.3) is 5.65 Å². The summed E-state index contributed by atoms with van der Waals surface area (Å²) in [5, 5.41) is 20.1. The number of fused-ring (bicyclic) bond motifs is 1. The van der Waals surface area contributed by atoms with Crippen molar-refractivity contribution >= 4 is 22.9 Å². The number of carbonyl (C=O) groups is 1. The first kappa shape index (κ1) is 17.0. The Bertz CT molecular complexity index is 1030. The highest BCUT2D eigenvalue weighted by atomic mass is 16.6. The number of pyridine rings is 1. The molecule has 3 heterocycles. The summed E-state index contributed by atoms with van der Waals surface area (Å²) in [5.74, 6) is 0.273. The molecule has 1 atom stereocenters. The summed E-state index contributed by atoms with van der Waals surface area (Å²) < 4.78 is 1.96. The van der Waals surface area contributed by atoms with Crippen LogP contribution < -0.4 is 10.6 Å². The van der Waals surface area contributed by atoms with Crippen molar-refractivity contribution in [3.8, 4) is 0 Å². The van der Waals surface area contributed by atoms with Crippen LogP contribution in [0.5, 0.6) is 0 Å². The molecular formula is C18H18N6O3. The summed E-state index contributed by atoms with van der Waals surface area (Å²) in [6.07, 6.45) is 3.73. The molecule has 1 amide bonds. The van der Waals surface area contributed by atoms with Gasteiger partial charge < -0.3 is 10.6 Å². The van der Waals surface area contributed by atoms with E-state index < -0.39 is 10.8 Å². The Morgan fingerprint density at radius 3 is 2.89 bits per heavy atom. The first-order valence-corrected chi connectivity index (χ1v) is 8.67. The maximum absolute atomic E-state index is 11.5. The number of primary amides is 1. The van der Waals surface area contributed by atoms with Crippen molar-refractivity contribution < 1.29 is 9.72 Å². The predicted octanol–water partition coefficient (Wildman–Crippen LogP) is 2.12. The number of benzene rings is 1. The van der Waals surface area contributed by atoms with Crippen LogP contribution in [0.2, 0.25) is 0 Å². The lowest BCUT2D eigenvalue weighted by Gasteiger charge is -2.33. The first-order chi connectivity index (χ1) is 13.0. The number of carbonyl (C=O) groups excluding carboxylic acids is 1. The molecule has 0 spiro atoms. The summed E-state index contributed by atoms with van der Waals surface area (Å²) in [7, 11) is 0. The van der Waals surface area contributed by atoms with Gasteiger partial charge in [0, 0.05) is 36.8 Å². The van der Waals surface area contributed by atoms with Gasteiger partial charge in [0.1, 0.15) is 11.5 Å². The second-order valence-corrected chi connectivity index (χ2v) is 6.60. The molecule has 0 radical (unpaired) electrons. The van der Waals surface area contributed by atoms with E-state index in [1.807, 2.05) is 33.7 Å². The van der Waals surface area contributed by atoms with E-state index >= 15 is 0 Å². The van der Waals surface area contributed by atoms with E-state index in [9.17, 15) is 14.9 Å². The minimum atomic E-state index is -0.684. The normalized spacial score (nSPS) is 17.2. The minimum Gasteiger partial charge on any atom is -0.366 e. The number of hydrogen-bond acceptors (Lipinski definition) is 6. The van der Waals surface area contributed by atoms with Crippen molar-refractivity contribution in [2.24, 2.45) is 5.73 Å². The highest BCUT2D eigenvalue weighted by Gasteiger charge is 2.29. The van der Waals surface area contributed by atoms with Gasteiger partial charge in [0.15, 0.2) is 5.65 Å². The monoisotopic (exact) mass is 366 g/mol. The summed E-state index contributed by atoms with van der Waals surface area (Å²) in [4.78, 5) is 24.4. The number of nitrogens with two attached hydrogens (primary N) is 1. The number of amides is 1. The molecule has 27 heavy (non-hydrogen) atoms. The molecule has 138 valence electrons. The quantitative estimate of drug-likeness (QED) is 0.558.